The first kappa shape index (κ1) is 15.0. The van der Waals surface area contributed by atoms with Crippen molar-refractivity contribution in [3.63, 3.8) is 0 Å². The van der Waals surface area contributed by atoms with Gasteiger partial charge in [-0.05, 0) is 18.4 Å². The maximum absolute atomic E-state index is 11.7. The minimum Gasteiger partial charge on any atom is -0.379 e. The summed E-state index contributed by atoms with van der Waals surface area (Å²) in [6, 6.07) is 10.1. The van der Waals surface area contributed by atoms with Crippen molar-refractivity contribution in [3.05, 3.63) is 35.9 Å². The molecule has 4 nitrogen and oxygen atoms in total. The molecule has 20 heavy (non-hydrogen) atoms. The van der Waals surface area contributed by atoms with Crippen LogP contribution in [-0.2, 0) is 20.9 Å². The Labute approximate surface area is 120 Å². The number of carbonyl (C=O) groups excluding carboxylic acids is 1. The average molecular weight is 277 g/mol. The van der Waals surface area contributed by atoms with Gasteiger partial charge in [-0.2, -0.15) is 0 Å². The van der Waals surface area contributed by atoms with Crippen molar-refractivity contribution < 1.29 is 14.3 Å². The fourth-order valence-corrected chi connectivity index (χ4v) is 2.32. The van der Waals surface area contributed by atoms with Gasteiger partial charge in [0, 0.05) is 13.0 Å². The Hall–Kier alpha value is -1.39. The molecule has 2 atom stereocenters. The molecule has 2 rings (SSSR count). The van der Waals surface area contributed by atoms with Crippen LogP contribution in [0.2, 0.25) is 0 Å². The molecule has 1 aromatic carbocycles. The van der Waals surface area contributed by atoms with E-state index in [1.807, 2.05) is 37.3 Å². The number of carbonyl (C=O) groups is 1. The highest BCUT2D eigenvalue weighted by atomic mass is 16.5. The summed E-state index contributed by atoms with van der Waals surface area (Å²) in [5.41, 5.74) is 1.14. The van der Waals surface area contributed by atoms with Crippen molar-refractivity contribution in [1.29, 1.82) is 0 Å². The van der Waals surface area contributed by atoms with E-state index in [9.17, 15) is 4.79 Å². The summed E-state index contributed by atoms with van der Waals surface area (Å²) in [5.74, 6) is 0.104. The minimum atomic E-state index is -0.0650. The van der Waals surface area contributed by atoms with Gasteiger partial charge in [-0.3, -0.25) is 4.79 Å². The maximum atomic E-state index is 11.7. The highest BCUT2D eigenvalue weighted by molar-refractivity contribution is 5.76. The third kappa shape index (κ3) is 4.62. The van der Waals surface area contributed by atoms with Crippen molar-refractivity contribution >= 4 is 5.91 Å². The molecule has 0 aromatic heterocycles. The van der Waals surface area contributed by atoms with E-state index in [1.165, 1.54) is 0 Å². The Kier molecular flexibility index (Phi) is 6.02. The van der Waals surface area contributed by atoms with E-state index in [-0.39, 0.29) is 18.1 Å². The number of nitrogens with one attached hydrogen (secondary N) is 1. The SMILES string of the molecule is CCCC(=O)N[C@@H]1CCOC[C@H]1OCc1ccccc1. The van der Waals surface area contributed by atoms with Crippen LogP contribution in [0.15, 0.2) is 30.3 Å². The number of rotatable bonds is 6. The molecule has 1 fully saturated rings. The van der Waals surface area contributed by atoms with E-state index in [2.05, 4.69) is 5.32 Å². The molecule has 1 aliphatic rings. The van der Waals surface area contributed by atoms with Gasteiger partial charge >= 0.3 is 0 Å². The summed E-state index contributed by atoms with van der Waals surface area (Å²) in [6.07, 6.45) is 2.19. The lowest BCUT2D eigenvalue weighted by atomic mass is 10.1. The normalized spacial score (nSPS) is 22.4. The van der Waals surface area contributed by atoms with Gasteiger partial charge in [-0.1, -0.05) is 37.3 Å². The number of hydrogen-bond donors (Lipinski definition) is 1. The van der Waals surface area contributed by atoms with Gasteiger partial charge in [0.1, 0.15) is 6.10 Å². The zero-order valence-electron chi connectivity index (χ0n) is 12.0. The van der Waals surface area contributed by atoms with Gasteiger partial charge in [0.05, 0.1) is 19.3 Å². The second kappa shape index (κ2) is 8.02. The zero-order valence-corrected chi connectivity index (χ0v) is 12.0. The fourth-order valence-electron chi connectivity index (χ4n) is 2.32. The standard InChI is InChI=1S/C16H23NO3/c1-2-6-16(18)17-14-9-10-19-12-15(14)20-11-13-7-4-3-5-8-13/h3-5,7-8,14-15H,2,6,9-12H2,1H3,(H,17,18)/t14-,15-/m1/s1. The van der Waals surface area contributed by atoms with Crippen LogP contribution in [0, 0.1) is 0 Å². The number of hydrogen-bond acceptors (Lipinski definition) is 3. The Morgan fingerprint density at radius 1 is 1.40 bits per heavy atom. The summed E-state index contributed by atoms with van der Waals surface area (Å²) in [5, 5.41) is 3.06. The quantitative estimate of drug-likeness (QED) is 0.867. The van der Waals surface area contributed by atoms with E-state index in [4.69, 9.17) is 9.47 Å². The van der Waals surface area contributed by atoms with Crippen molar-refractivity contribution in [1.82, 2.24) is 5.32 Å². The predicted molar refractivity (Wildman–Crippen MR) is 77.3 cm³/mol. The summed E-state index contributed by atoms with van der Waals surface area (Å²) < 4.78 is 11.4. The van der Waals surface area contributed by atoms with Gasteiger partial charge in [0.25, 0.3) is 0 Å². The number of amides is 1. The molecular formula is C16H23NO3. The summed E-state index contributed by atoms with van der Waals surface area (Å²) in [6.45, 7) is 3.79. The van der Waals surface area contributed by atoms with Gasteiger partial charge in [0.15, 0.2) is 0 Å². The van der Waals surface area contributed by atoms with Gasteiger partial charge in [0.2, 0.25) is 5.91 Å². The van der Waals surface area contributed by atoms with Crippen LogP contribution in [0.4, 0.5) is 0 Å². The van der Waals surface area contributed by atoms with Crippen molar-refractivity contribution in [2.24, 2.45) is 0 Å². The molecule has 0 spiro atoms. The summed E-state index contributed by atoms with van der Waals surface area (Å²) in [4.78, 5) is 11.7. The second-order valence-corrected chi connectivity index (χ2v) is 5.12. The van der Waals surface area contributed by atoms with Gasteiger partial charge < -0.3 is 14.8 Å². The molecule has 0 saturated carbocycles. The molecule has 1 saturated heterocycles. The molecule has 1 aliphatic heterocycles. The molecule has 1 heterocycles. The van der Waals surface area contributed by atoms with E-state index in [1.54, 1.807) is 0 Å². The molecule has 0 unspecified atom stereocenters. The predicted octanol–water partition coefficient (Wildman–Crippen LogP) is 2.28. The molecule has 1 N–H and O–H groups in total. The Bertz CT molecular complexity index is 407. The van der Waals surface area contributed by atoms with E-state index < -0.39 is 0 Å². The highest BCUT2D eigenvalue weighted by Crippen LogP contribution is 2.14. The molecule has 1 aromatic rings. The molecule has 4 heteroatoms. The highest BCUT2D eigenvalue weighted by Gasteiger charge is 2.27. The van der Waals surface area contributed by atoms with Crippen LogP contribution >= 0.6 is 0 Å². The first-order valence-electron chi connectivity index (χ1n) is 7.32. The largest absolute Gasteiger partial charge is 0.379 e. The third-order valence-corrected chi connectivity index (χ3v) is 3.43. The smallest absolute Gasteiger partial charge is 0.220 e. The lowest BCUT2D eigenvalue weighted by molar-refractivity contribution is -0.126. The van der Waals surface area contributed by atoms with E-state index in [0.717, 1.165) is 18.4 Å². The molecule has 0 radical (unpaired) electrons. The van der Waals surface area contributed by atoms with E-state index >= 15 is 0 Å². The molecule has 0 aliphatic carbocycles. The Balaban J connectivity index is 1.85. The van der Waals surface area contributed by atoms with Gasteiger partial charge in [-0.25, -0.2) is 0 Å². The molecule has 110 valence electrons. The van der Waals surface area contributed by atoms with Crippen molar-refractivity contribution in [2.75, 3.05) is 13.2 Å². The third-order valence-electron chi connectivity index (χ3n) is 3.43. The van der Waals surface area contributed by atoms with Crippen LogP contribution in [0.1, 0.15) is 31.7 Å². The first-order valence-corrected chi connectivity index (χ1v) is 7.32. The van der Waals surface area contributed by atoms with Crippen molar-refractivity contribution in [3.8, 4) is 0 Å². The second-order valence-electron chi connectivity index (χ2n) is 5.12. The minimum absolute atomic E-state index is 0.0616. The number of ether oxygens (including phenoxy) is 2. The summed E-state index contributed by atoms with van der Waals surface area (Å²) >= 11 is 0. The maximum Gasteiger partial charge on any atom is 0.220 e. The molecule has 1 amide bonds. The van der Waals surface area contributed by atoms with Crippen LogP contribution < -0.4 is 5.32 Å². The van der Waals surface area contributed by atoms with Crippen LogP contribution in [0.3, 0.4) is 0 Å². The lowest BCUT2D eigenvalue weighted by Gasteiger charge is -2.32. The first-order chi connectivity index (χ1) is 9.79. The Morgan fingerprint density at radius 2 is 2.20 bits per heavy atom. The fraction of sp³-hybridized carbons (Fsp3) is 0.562. The van der Waals surface area contributed by atoms with Crippen LogP contribution in [0.25, 0.3) is 0 Å². The Morgan fingerprint density at radius 3 is 2.95 bits per heavy atom. The average Bonchev–Trinajstić information content (AvgIpc) is 2.48. The lowest BCUT2D eigenvalue weighted by Crippen LogP contribution is -2.49. The van der Waals surface area contributed by atoms with Crippen LogP contribution in [-0.4, -0.2) is 31.3 Å². The topological polar surface area (TPSA) is 47.6 Å². The van der Waals surface area contributed by atoms with E-state index in [0.29, 0.717) is 26.2 Å². The molecular weight excluding hydrogens is 254 g/mol. The number of benzene rings is 1. The molecule has 0 bridgehead atoms. The van der Waals surface area contributed by atoms with Crippen LogP contribution in [0.5, 0.6) is 0 Å². The zero-order chi connectivity index (χ0) is 14.2. The van der Waals surface area contributed by atoms with Crippen molar-refractivity contribution in [2.45, 2.75) is 44.9 Å². The summed E-state index contributed by atoms with van der Waals surface area (Å²) in [7, 11) is 0. The monoisotopic (exact) mass is 277 g/mol. The van der Waals surface area contributed by atoms with Gasteiger partial charge in [-0.15, -0.1) is 0 Å².